The molecule has 2 aromatic rings. The van der Waals surface area contributed by atoms with Crippen LogP contribution >= 0.6 is 19.2 Å². The van der Waals surface area contributed by atoms with Crippen molar-refractivity contribution in [1.29, 1.82) is 0 Å². The quantitative estimate of drug-likeness (QED) is 0.537. The van der Waals surface area contributed by atoms with Gasteiger partial charge in [0.05, 0.1) is 30.0 Å². The summed E-state index contributed by atoms with van der Waals surface area (Å²) in [4.78, 5) is 31.5. The Bertz CT molecular complexity index is 835. The molecule has 1 saturated heterocycles. The third-order valence-corrected chi connectivity index (χ3v) is 5.93. The number of ether oxygens (including phenoxy) is 1. The minimum Gasteiger partial charge on any atom is -0.368 e. The van der Waals surface area contributed by atoms with Crippen molar-refractivity contribution in [2.45, 2.75) is 49.1 Å². The second-order valence-corrected chi connectivity index (χ2v) is 8.60. The molecule has 2 fully saturated rings. The summed E-state index contributed by atoms with van der Waals surface area (Å²) in [7, 11) is -4.32. The van der Waals surface area contributed by atoms with Gasteiger partial charge < -0.3 is 24.8 Å². The molecule has 1 aliphatic carbocycles. The second-order valence-electron chi connectivity index (χ2n) is 6.28. The van der Waals surface area contributed by atoms with Gasteiger partial charge >= 0.3 is 7.60 Å². The molecule has 4 N–H and O–H groups in total. The minimum atomic E-state index is -4.32. The zero-order valence-corrected chi connectivity index (χ0v) is 14.3. The van der Waals surface area contributed by atoms with Gasteiger partial charge in [0, 0.05) is 12.3 Å². The Labute approximate surface area is 142 Å². The van der Waals surface area contributed by atoms with E-state index in [9.17, 15) is 14.4 Å². The average Bonchev–Trinajstić information content (AvgIpc) is 3.17. The van der Waals surface area contributed by atoms with Crippen LogP contribution in [0.2, 0.25) is 0 Å². The highest BCUT2D eigenvalue weighted by molar-refractivity contribution is 7.52. The first-order chi connectivity index (χ1) is 11.3. The SMILES string of the molecule is Nc1nc(C2CC2)c2ncn(C[C@H]3O[C@@H](P(=O)(O)O)C[C@@H]3Cl)c2n1. The molecule has 130 valence electrons. The maximum Gasteiger partial charge on any atom is 0.354 e. The molecule has 0 spiro atoms. The fourth-order valence-electron chi connectivity index (χ4n) is 3.01. The van der Waals surface area contributed by atoms with Crippen LogP contribution in [0.5, 0.6) is 0 Å². The van der Waals surface area contributed by atoms with Crippen LogP contribution in [0, 0.1) is 0 Å². The maximum atomic E-state index is 11.4. The summed E-state index contributed by atoms with van der Waals surface area (Å²) in [5.41, 5.74) is 7.97. The Morgan fingerprint density at radius 3 is 2.79 bits per heavy atom. The van der Waals surface area contributed by atoms with Gasteiger partial charge in [-0.15, -0.1) is 11.6 Å². The summed E-state index contributed by atoms with van der Waals surface area (Å²) in [6.45, 7) is 0.293. The molecule has 1 saturated carbocycles. The van der Waals surface area contributed by atoms with E-state index in [1.165, 1.54) is 0 Å². The molecule has 1 aliphatic heterocycles. The predicted molar refractivity (Wildman–Crippen MR) is 86.7 cm³/mol. The summed E-state index contributed by atoms with van der Waals surface area (Å²) >= 11 is 6.21. The van der Waals surface area contributed by atoms with E-state index in [2.05, 4.69) is 15.0 Å². The van der Waals surface area contributed by atoms with E-state index in [1.54, 1.807) is 10.9 Å². The molecule has 4 rings (SSSR count). The van der Waals surface area contributed by atoms with Crippen molar-refractivity contribution < 1.29 is 19.1 Å². The molecule has 11 heteroatoms. The summed E-state index contributed by atoms with van der Waals surface area (Å²) in [5, 5.41) is -0.498. The first-order valence-electron chi connectivity index (χ1n) is 7.66. The van der Waals surface area contributed by atoms with Crippen molar-refractivity contribution in [3.05, 3.63) is 12.0 Å². The Morgan fingerprint density at radius 2 is 2.17 bits per heavy atom. The van der Waals surface area contributed by atoms with Crippen LogP contribution in [0.15, 0.2) is 6.33 Å². The van der Waals surface area contributed by atoms with Gasteiger partial charge in [-0.25, -0.2) is 9.97 Å². The first-order valence-corrected chi connectivity index (χ1v) is 9.77. The van der Waals surface area contributed by atoms with Crippen LogP contribution < -0.4 is 5.73 Å². The number of nitrogen functional groups attached to an aromatic ring is 1. The monoisotopic (exact) mass is 373 g/mol. The van der Waals surface area contributed by atoms with E-state index in [-0.39, 0.29) is 12.4 Å². The van der Waals surface area contributed by atoms with E-state index in [1.807, 2.05) is 0 Å². The number of hydrogen-bond acceptors (Lipinski definition) is 6. The Morgan fingerprint density at radius 1 is 1.42 bits per heavy atom. The summed E-state index contributed by atoms with van der Waals surface area (Å²) in [6, 6.07) is 0. The fraction of sp³-hybridized carbons (Fsp3) is 0.615. The summed E-state index contributed by atoms with van der Waals surface area (Å²) in [5.74, 6) is -0.598. The Hall–Kier alpha value is -1.25. The number of alkyl halides is 1. The summed E-state index contributed by atoms with van der Waals surface area (Å²) in [6.07, 6.45) is 3.31. The molecule has 0 unspecified atom stereocenters. The molecule has 24 heavy (non-hydrogen) atoms. The molecule has 0 radical (unpaired) electrons. The zero-order chi connectivity index (χ0) is 17.1. The normalized spacial score (nSPS) is 27.9. The van der Waals surface area contributed by atoms with Crippen LogP contribution in [-0.2, 0) is 15.8 Å². The first kappa shape index (κ1) is 16.2. The molecule has 3 atom stereocenters. The van der Waals surface area contributed by atoms with Crippen LogP contribution in [-0.4, -0.2) is 46.6 Å². The average molecular weight is 374 g/mol. The van der Waals surface area contributed by atoms with E-state index in [0.29, 0.717) is 23.6 Å². The van der Waals surface area contributed by atoms with Gasteiger partial charge in [-0.3, -0.25) is 4.57 Å². The fourth-order valence-corrected chi connectivity index (χ4v) is 4.26. The van der Waals surface area contributed by atoms with Crippen molar-refractivity contribution in [2.24, 2.45) is 0 Å². The number of nitrogens with zero attached hydrogens (tertiary/aromatic N) is 4. The highest BCUT2D eigenvalue weighted by atomic mass is 35.5. The molecule has 3 heterocycles. The van der Waals surface area contributed by atoms with Gasteiger partial charge in [-0.2, -0.15) is 4.98 Å². The predicted octanol–water partition coefficient (Wildman–Crippen LogP) is 1.19. The topological polar surface area (TPSA) is 136 Å². The van der Waals surface area contributed by atoms with Crippen LogP contribution in [0.3, 0.4) is 0 Å². The molecule has 0 amide bonds. The number of fused-ring (bicyclic) bond motifs is 1. The van der Waals surface area contributed by atoms with Crippen LogP contribution in [0.1, 0.15) is 30.9 Å². The number of halogens is 1. The molecule has 2 aliphatic rings. The van der Waals surface area contributed by atoms with Gasteiger partial charge in [0.1, 0.15) is 5.52 Å². The van der Waals surface area contributed by atoms with Gasteiger partial charge in [-0.05, 0) is 12.8 Å². The number of rotatable bonds is 4. The van der Waals surface area contributed by atoms with Gasteiger partial charge in [0.15, 0.2) is 11.5 Å². The zero-order valence-electron chi connectivity index (χ0n) is 12.6. The molecule has 0 aromatic carbocycles. The highest BCUT2D eigenvalue weighted by Crippen LogP contribution is 2.49. The Balaban J connectivity index is 1.62. The molecular formula is C13H17ClN5O4P. The smallest absolute Gasteiger partial charge is 0.354 e. The van der Waals surface area contributed by atoms with E-state index in [0.717, 1.165) is 18.5 Å². The van der Waals surface area contributed by atoms with Crippen molar-refractivity contribution in [3.8, 4) is 0 Å². The number of aromatic nitrogens is 4. The number of nitrogens with two attached hydrogens (primary N) is 1. The number of imidazole rings is 1. The lowest BCUT2D eigenvalue weighted by atomic mass is 10.2. The molecule has 0 bridgehead atoms. The van der Waals surface area contributed by atoms with Gasteiger partial charge in [0.2, 0.25) is 5.95 Å². The standard InChI is InChI=1S/C13H17ClN5O4P/c14-7-3-9(24(20,21)22)23-8(7)4-19-5-16-11-10(6-1-2-6)17-13(15)18-12(11)19/h5-9H,1-4H2,(H2,15,17,18)(H2,20,21,22)/t7-,8+,9-/m0/s1. The minimum absolute atomic E-state index is 0.105. The van der Waals surface area contributed by atoms with E-state index < -0.39 is 24.9 Å². The van der Waals surface area contributed by atoms with E-state index in [4.69, 9.17) is 22.1 Å². The highest BCUT2D eigenvalue weighted by Gasteiger charge is 2.43. The second kappa shape index (κ2) is 5.64. The van der Waals surface area contributed by atoms with Crippen LogP contribution in [0.25, 0.3) is 11.2 Å². The Kier molecular flexibility index (Phi) is 3.81. The lowest BCUT2D eigenvalue weighted by Gasteiger charge is -2.16. The van der Waals surface area contributed by atoms with Crippen molar-refractivity contribution >= 4 is 36.3 Å². The van der Waals surface area contributed by atoms with Crippen molar-refractivity contribution in [2.75, 3.05) is 5.73 Å². The maximum absolute atomic E-state index is 11.4. The third-order valence-electron chi connectivity index (χ3n) is 4.39. The number of hydrogen-bond donors (Lipinski definition) is 3. The van der Waals surface area contributed by atoms with Crippen LogP contribution in [0.4, 0.5) is 5.95 Å². The lowest BCUT2D eigenvalue weighted by Crippen LogP contribution is -2.23. The number of anilines is 1. The van der Waals surface area contributed by atoms with Gasteiger partial charge in [0.25, 0.3) is 0 Å². The molecule has 2 aromatic heterocycles. The van der Waals surface area contributed by atoms with Crippen molar-refractivity contribution in [1.82, 2.24) is 19.5 Å². The summed E-state index contributed by atoms with van der Waals surface area (Å²) < 4.78 is 18.6. The molecular weight excluding hydrogens is 357 g/mol. The van der Waals surface area contributed by atoms with Crippen molar-refractivity contribution in [3.63, 3.8) is 0 Å². The third kappa shape index (κ3) is 2.91. The van der Waals surface area contributed by atoms with Gasteiger partial charge in [-0.1, -0.05) is 0 Å². The largest absolute Gasteiger partial charge is 0.368 e. The van der Waals surface area contributed by atoms with E-state index >= 15 is 0 Å². The lowest BCUT2D eigenvalue weighted by molar-refractivity contribution is 0.0630. The molecule has 9 nitrogen and oxygen atoms in total.